The molecule has 0 saturated carbocycles. The molecular formula is C24H28N4O3S. The summed E-state index contributed by atoms with van der Waals surface area (Å²) in [5.41, 5.74) is 5.61. The van der Waals surface area contributed by atoms with E-state index < -0.39 is 0 Å². The van der Waals surface area contributed by atoms with Gasteiger partial charge in [-0.05, 0) is 57.5 Å². The van der Waals surface area contributed by atoms with Crippen LogP contribution in [0.1, 0.15) is 40.3 Å². The summed E-state index contributed by atoms with van der Waals surface area (Å²) in [6, 6.07) is 10.1. The van der Waals surface area contributed by atoms with Gasteiger partial charge in [0.25, 0.3) is 0 Å². The van der Waals surface area contributed by atoms with E-state index in [1.165, 1.54) is 11.8 Å². The minimum absolute atomic E-state index is 0.0738. The Morgan fingerprint density at radius 3 is 2.62 bits per heavy atom. The van der Waals surface area contributed by atoms with Gasteiger partial charge in [0.15, 0.2) is 16.6 Å². The first kappa shape index (κ1) is 22.4. The van der Waals surface area contributed by atoms with E-state index in [2.05, 4.69) is 28.6 Å². The minimum Gasteiger partial charge on any atom is -0.497 e. The molecule has 0 spiro atoms. The number of carbonyl (C=O) groups excluding carboxylic acids is 1. The molecule has 32 heavy (non-hydrogen) atoms. The van der Waals surface area contributed by atoms with Gasteiger partial charge < -0.3 is 14.0 Å². The molecule has 3 heterocycles. The summed E-state index contributed by atoms with van der Waals surface area (Å²) in [6.45, 7) is 8.76. The van der Waals surface area contributed by atoms with Gasteiger partial charge in [-0.2, -0.15) is 0 Å². The maximum Gasteiger partial charge on any atom is 0.196 e. The standard InChI is InChI=1S/C24H28N4O3S/c1-14-9-23-25-26-24(28(23)21-11-18(31-6)7-8-19(14)21)32-13-22(29)20-10-15(2)27(17(20)4)16(3)12-30-5/h7-11,16H,12-13H2,1-6H3. The minimum atomic E-state index is 0.0738. The molecule has 0 bridgehead atoms. The number of aromatic nitrogens is 4. The molecule has 0 N–H and O–H groups in total. The van der Waals surface area contributed by atoms with Crippen molar-refractivity contribution < 1.29 is 14.3 Å². The highest BCUT2D eigenvalue weighted by molar-refractivity contribution is 7.99. The number of ether oxygens (including phenoxy) is 2. The molecule has 0 amide bonds. The molecule has 8 heteroatoms. The number of rotatable bonds is 8. The van der Waals surface area contributed by atoms with E-state index in [4.69, 9.17) is 9.47 Å². The van der Waals surface area contributed by atoms with E-state index in [9.17, 15) is 4.79 Å². The third-order valence-electron chi connectivity index (χ3n) is 5.84. The van der Waals surface area contributed by atoms with Gasteiger partial charge in [-0.15, -0.1) is 10.2 Å². The number of thioether (sulfide) groups is 1. The zero-order chi connectivity index (χ0) is 23.0. The predicted molar refractivity (Wildman–Crippen MR) is 127 cm³/mol. The molecule has 0 aliphatic carbocycles. The van der Waals surface area contributed by atoms with E-state index in [1.807, 2.05) is 48.6 Å². The normalized spacial score (nSPS) is 12.6. The Balaban J connectivity index is 1.65. The average molecular weight is 453 g/mol. The lowest BCUT2D eigenvalue weighted by atomic mass is 10.1. The SMILES string of the molecule is COCC(C)n1c(C)cc(C(=O)CSc2nnc3cc(C)c4ccc(OC)cc4n23)c1C. The van der Waals surface area contributed by atoms with Crippen molar-refractivity contribution in [1.29, 1.82) is 0 Å². The van der Waals surface area contributed by atoms with Crippen LogP contribution in [0, 0.1) is 20.8 Å². The van der Waals surface area contributed by atoms with Crippen molar-refractivity contribution in [3.05, 3.63) is 52.8 Å². The lowest BCUT2D eigenvalue weighted by Gasteiger charge is -2.17. The van der Waals surface area contributed by atoms with Gasteiger partial charge in [0.2, 0.25) is 0 Å². The number of benzene rings is 1. The van der Waals surface area contributed by atoms with Crippen LogP contribution in [0.15, 0.2) is 35.5 Å². The van der Waals surface area contributed by atoms with E-state index >= 15 is 0 Å². The molecule has 1 aromatic carbocycles. The van der Waals surface area contributed by atoms with Crippen LogP contribution in [0.25, 0.3) is 16.6 Å². The van der Waals surface area contributed by atoms with Crippen LogP contribution < -0.4 is 4.74 Å². The molecule has 4 rings (SSSR count). The number of fused-ring (bicyclic) bond motifs is 3. The fraction of sp³-hybridized carbons (Fsp3) is 0.375. The zero-order valence-electron chi connectivity index (χ0n) is 19.3. The molecule has 0 radical (unpaired) electrons. The highest BCUT2D eigenvalue weighted by atomic mass is 32.2. The largest absolute Gasteiger partial charge is 0.497 e. The summed E-state index contributed by atoms with van der Waals surface area (Å²) in [4.78, 5) is 13.1. The number of hydrogen-bond acceptors (Lipinski definition) is 6. The Kier molecular flexibility index (Phi) is 6.26. The first-order chi connectivity index (χ1) is 15.3. The van der Waals surface area contributed by atoms with Gasteiger partial charge >= 0.3 is 0 Å². The van der Waals surface area contributed by atoms with Crippen LogP contribution in [0.4, 0.5) is 0 Å². The number of aryl methyl sites for hydroxylation is 2. The number of nitrogens with zero attached hydrogens (tertiary/aromatic N) is 4. The summed E-state index contributed by atoms with van der Waals surface area (Å²) in [7, 11) is 3.34. The van der Waals surface area contributed by atoms with Crippen molar-refractivity contribution in [1.82, 2.24) is 19.2 Å². The van der Waals surface area contributed by atoms with E-state index in [0.717, 1.165) is 44.8 Å². The van der Waals surface area contributed by atoms with Crippen LogP contribution in [-0.2, 0) is 4.74 Å². The number of carbonyl (C=O) groups is 1. The third kappa shape index (κ3) is 3.89. The monoisotopic (exact) mass is 452 g/mol. The molecule has 1 unspecified atom stereocenters. The summed E-state index contributed by atoms with van der Waals surface area (Å²) in [5.74, 6) is 1.12. The van der Waals surface area contributed by atoms with Crippen LogP contribution in [0.3, 0.4) is 0 Å². The molecule has 3 aromatic heterocycles. The van der Waals surface area contributed by atoms with E-state index in [0.29, 0.717) is 11.8 Å². The maximum atomic E-state index is 13.1. The van der Waals surface area contributed by atoms with Crippen LogP contribution in [0.5, 0.6) is 5.75 Å². The maximum absolute atomic E-state index is 13.1. The molecule has 168 valence electrons. The van der Waals surface area contributed by atoms with Gasteiger partial charge in [0, 0.05) is 35.5 Å². The Bertz CT molecular complexity index is 1310. The molecule has 4 aromatic rings. The molecule has 0 aliphatic rings. The van der Waals surface area contributed by atoms with Crippen molar-refractivity contribution in [3.8, 4) is 5.75 Å². The van der Waals surface area contributed by atoms with Gasteiger partial charge in [0.05, 0.1) is 31.0 Å². The second kappa shape index (κ2) is 8.96. The van der Waals surface area contributed by atoms with Crippen LogP contribution in [-0.4, -0.2) is 51.5 Å². The fourth-order valence-corrected chi connectivity index (χ4v) is 5.22. The zero-order valence-corrected chi connectivity index (χ0v) is 20.1. The number of methoxy groups -OCH3 is 2. The van der Waals surface area contributed by atoms with Crippen molar-refractivity contribution in [2.24, 2.45) is 0 Å². The summed E-state index contributed by atoms with van der Waals surface area (Å²) < 4.78 is 14.9. The second-order valence-electron chi connectivity index (χ2n) is 8.06. The number of Topliss-reactive ketones (excluding diaryl/α,β-unsaturated/α-hetero) is 1. The molecule has 0 aliphatic heterocycles. The Hall–Kier alpha value is -2.84. The Labute approximate surface area is 191 Å². The topological polar surface area (TPSA) is 70.7 Å². The molecule has 0 fully saturated rings. The fourth-order valence-electron chi connectivity index (χ4n) is 4.38. The Morgan fingerprint density at radius 1 is 1.12 bits per heavy atom. The molecular weight excluding hydrogens is 424 g/mol. The lowest BCUT2D eigenvalue weighted by molar-refractivity contribution is 0.102. The van der Waals surface area contributed by atoms with Gasteiger partial charge in [-0.25, -0.2) is 0 Å². The lowest BCUT2D eigenvalue weighted by Crippen LogP contribution is -2.14. The molecule has 1 atom stereocenters. The van der Waals surface area contributed by atoms with E-state index in [1.54, 1.807) is 14.2 Å². The second-order valence-corrected chi connectivity index (χ2v) is 9.00. The first-order valence-corrected chi connectivity index (χ1v) is 11.5. The quantitative estimate of drug-likeness (QED) is 0.282. The number of hydrogen-bond donors (Lipinski definition) is 0. The van der Waals surface area contributed by atoms with Crippen molar-refractivity contribution in [2.45, 2.75) is 38.9 Å². The highest BCUT2D eigenvalue weighted by Crippen LogP contribution is 2.29. The summed E-state index contributed by atoms with van der Waals surface area (Å²) >= 11 is 1.40. The van der Waals surface area contributed by atoms with Crippen molar-refractivity contribution >= 4 is 34.1 Å². The Morgan fingerprint density at radius 2 is 1.91 bits per heavy atom. The molecule has 0 saturated heterocycles. The first-order valence-electron chi connectivity index (χ1n) is 10.5. The van der Waals surface area contributed by atoms with Crippen LogP contribution in [0.2, 0.25) is 0 Å². The van der Waals surface area contributed by atoms with Gasteiger partial charge in [0.1, 0.15) is 5.75 Å². The van der Waals surface area contributed by atoms with Gasteiger partial charge in [-0.3, -0.25) is 9.20 Å². The summed E-state index contributed by atoms with van der Waals surface area (Å²) in [6.07, 6.45) is 0. The predicted octanol–water partition coefficient (Wildman–Crippen LogP) is 4.80. The van der Waals surface area contributed by atoms with Gasteiger partial charge in [-0.1, -0.05) is 11.8 Å². The van der Waals surface area contributed by atoms with Crippen LogP contribution >= 0.6 is 11.8 Å². The molecule has 7 nitrogen and oxygen atoms in total. The average Bonchev–Trinajstić information content (AvgIpc) is 3.31. The van der Waals surface area contributed by atoms with Crippen molar-refractivity contribution in [3.63, 3.8) is 0 Å². The highest BCUT2D eigenvalue weighted by Gasteiger charge is 2.20. The summed E-state index contributed by atoms with van der Waals surface area (Å²) in [5, 5.41) is 10.5. The van der Waals surface area contributed by atoms with Crippen molar-refractivity contribution in [2.75, 3.05) is 26.6 Å². The third-order valence-corrected chi connectivity index (χ3v) is 6.77. The number of pyridine rings is 1. The smallest absolute Gasteiger partial charge is 0.196 e. The number of ketones is 1. The van der Waals surface area contributed by atoms with E-state index in [-0.39, 0.29) is 17.6 Å².